The average molecular weight is 231 g/mol. The molecule has 90 valence electrons. The van der Waals surface area contributed by atoms with Gasteiger partial charge in [0.15, 0.2) is 5.96 Å². The standard InChI is InChI=1S/C11H25N3S/c1-5-6-9-14(3)11(12-2)13-8-7-10-15-4/h5-10H2,1-4H3,(H,12,13). The van der Waals surface area contributed by atoms with Crippen molar-refractivity contribution in [3.05, 3.63) is 0 Å². The molecule has 1 N–H and O–H groups in total. The summed E-state index contributed by atoms with van der Waals surface area (Å²) in [6, 6.07) is 0. The van der Waals surface area contributed by atoms with Crippen LogP contribution >= 0.6 is 11.8 Å². The lowest BCUT2D eigenvalue weighted by atomic mass is 10.3. The van der Waals surface area contributed by atoms with Crippen molar-refractivity contribution in [2.45, 2.75) is 26.2 Å². The molecule has 0 atom stereocenters. The molecule has 0 heterocycles. The maximum atomic E-state index is 4.26. The highest BCUT2D eigenvalue weighted by Gasteiger charge is 2.03. The van der Waals surface area contributed by atoms with Gasteiger partial charge in [-0.25, -0.2) is 0 Å². The van der Waals surface area contributed by atoms with E-state index in [2.05, 4.69) is 35.4 Å². The summed E-state index contributed by atoms with van der Waals surface area (Å²) in [5, 5.41) is 3.38. The van der Waals surface area contributed by atoms with Crippen LogP contribution < -0.4 is 5.32 Å². The van der Waals surface area contributed by atoms with Gasteiger partial charge in [-0.05, 0) is 24.9 Å². The third-order valence-corrected chi connectivity index (χ3v) is 2.93. The second-order valence-corrected chi connectivity index (χ2v) is 4.58. The Morgan fingerprint density at radius 2 is 2.13 bits per heavy atom. The van der Waals surface area contributed by atoms with Crippen LogP contribution in [0.1, 0.15) is 26.2 Å². The number of hydrogen-bond acceptors (Lipinski definition) is 2. The monoisotopic (exact) mass is 231 g/mol. The fourth-order valence-electron chi connectivity index (χ4n) is 1.30. The summed E-state index contributed by atoms with van der Waals surface area (Å²) in [4.78, 5) is 6.46. The highest BCUT2D eigenvalue weighted by molar-refractivity contribution is 7.98. The van der Waals surface area contributed by atoms with E-state index in [1.807, 2.05) is 18.8 Å². The van der Waals surface area contributed by atoms with Crippen LogP contribution in [0.3, 0.4) is 0 Å². The first kappa shape index (κ1) is 14.6. The van der Waals surface area contributed by atoms with Crippen molar-refractivity contribution in [1.82, 2.24) is 10.2 Å². The summed E-state index contributed by atoms with van der Waals surface area (Å²) in [6.45, 7) is 4.31. The van der Waals surface area contributed by atoms with Gasteiger partial charge in [-0.15, -0.1) is 0 Å². The molecule has 0 fully saturated rings. The Labute approximate surface area is 98.7 Å². The van der Waals surface area contributed by atoms with E-state index < -0.39 is 0 Å². The first-order valence-electron chi connectivity index (χ1n) is 5.67. The van der Waals surface area contributed by atoms with Gasteiger partial charge in [-0.1, -0.05) is 13.3 Å². The molecule has 0 bridgehead atoms. The zero-order chi connectivity index (χ0) is 11.5. The molecular weight excluding hydrogens is 206 g/mol. The minimum atomic E-state index is 1.02. The Hall–Kier alpha value is -0.380. The first-order valence-corrected chi connectivity index (χ1v) is 7.06. The molecule has 0 aliphatic carbocycles. The third kappa shape index (κ3) is 7.54. The van der Waals surface area contributed by atoms with Crippen LogP contribution in [0.25, 0.3) is 0 Å². The minimum Gasteiger partial charge on any atom is -0.356 e. The van der Waals surface area contributed by atoms with Crippen molar-refractivity contribution in [3.8, 4) is 0 Å². The van der Waals surface area contributed by atoms with Gasteiger partial charge < -0.3 is 10.2 Å². The van der Waals surface area contributed by atoms with Gasteiger partial charge in [0.2, 0.25) is 0 Å². The summed E-state index contributed by atoms with van der Waals surface area (Å²) in [6.07, 6.45) is 5.79. The van der Waals surface area contributed by atoms with E-state index >= 15 is 0 Å². The number of rotatable bonds is 7. The summed E-state index contributed by atoms with van der Waals surface area (Å²) in [5.41, 5.74) is 0. The molecule has 0 aromatic rings. The smallest absolute Gasteiger partial charge is 0.193 e. The lowest BCUT2D eigenvalue weighted by molar-refractivity contribution is 0.465. The van der Waals surface area contributed by atoms with Crippen LogP contribution in [0, 0.1) is 0 Å². The lowest BCUT2D eigenvalue weighted by Gasteiger charge is -2.21. The largest absolute Gasteiger partial charge is 0.356 e. The molecule has 0 saturated carbocycles. The quantitative estimate of drug-likeness (QED) is 0.413. The van der Waals surface area contributed by atoms with Gasteiger partial charge >= 0.3 is 0 Å². The van der Waals surface area contributed by atoms with Crippen LogP contribution in [0.5, 0.6) is 0 Å². The second kappa shape index (κ2) is 10.1. The molecule has 0 spiro atoms. The Morgan fingerprint density at radius 3 is 2.67 bits per heavy atom. The maximum absolute atomic E-state index is 4.26. The number of guanidine groups is 1. The Bertz CT molecular complexity index is 171. The minimum absolute atomic E-state index is 1.02. The fraction of sp³-hybridized carbons (Fsp3) is 0.909. The molecule has 0 amide bonds. The number of thioether (sulfide) groups is 1. The lowest BCUT2D eigenvalue weighted by Crippen LogP contribution is -2.39. The van der Waals surface area contributed by atoms with Crippen LogP contribution in [0.4, 0.5) is 0 Å². The number of nitrogens with one attached hydrogen (secondary N) is 1. The molecule has 0 aromatic heterocycles. The Balaban J connectivity index is 3.71. The molecule has 0 unspecified atom stereocenters. The molecule has 0 saturated heterocycles. The summed E-state index contributed by atoms with van der Waals surface area (Å²) >= 11 is 1.89. The Morgan fingerprint density at radius 1 is 1.40 bits per heavy atom. The molecule has 0 radical (unpaired) electrons. The zero-order valence-electron chi connectivity index (χ0n) is 10.5. The van der Waals surface area contributed by atoms with Crippen molar-refractivity contribution in [2.24, 2.45) is 4.99 Å². The van der Waals surface area contributed by atoms with Crippen LogP contribution in [-0.4, -0.2) is 50.1 Å². The van der Waals surface area contributed by atoms with Crippen LogP contribution in [-0.2, 0) is 0 Å². The highest BCUT2D eigenvalue weighted by atomic mass is 32.2. The van der Waals surface area contributed by atoms with Gasteiger partial charge in [0.1, 0.15) is 0 Å². The SMILES string of the molecule is CCCCN(C)C(=NC)NCCCSC. The predicted octanol–water partition coefficient (Wildman–Crippen LogP) is 2.05. The molecule has 0 aliphatic rings. The normalized spacial score (nSPS) is 11.6. The van der Waals surface area contributed by atoms with Gasteiger partial charge in [0.25, 0.3) is 0 Å². The van der Waals surface area contributed by atoms with Crippen LogP contribution in [0.15, 0.2) is 4.99 Å². The van der Waals surface area contributed by atoms with Crippen molar-refractivity contribution in [1.29, 1.82) is 0 Å². The summed E-state index contributed by atoms with van der Waals surface area (Å²) in [7, 11) is 3.94. The molecule has 4 heteroatoms. The maximum Gasteiger partial charge on any atom is 0.193 e. The number of hydrogen-bond donors (Lipinski definition) is 1. The number of unbranched alkanes of at least 4 members (excludes halogenated alkanes) is 1. The molecule has 15 heavy (non-hydrogen) atoms. The molecule has 3 nitrogen and oxygen atoms in total. The number of nitrogens with zero attached hydrogens (tertiary/aromatic N) is 2. The zero-order valence-corrected chi connectivity index (χ0v) is 11.4. The van der Waals surface area contributed by atoms with E-state index in [1.54, 1.807) is 0 Å². The van der Waals surface area contributed by atoms with Gasteiger partial charge in [-0.3, -0.25) is 4.99 Å². The van der Waals surface area contributed by atoms with E-state index in [1.165, 1.54) is 25.0 Å². The predicted molar refractivity (Wildman–Crippen MR) is 71.9 cm³/mol. The van der Waals surface area contributed by atoms with E-state index in [0.29, 0.717) is 0 Å². The molecular formula is C11H25N3S. The van der Waals surface area contributed by atoms with E-state index in [0.717, 1.165) is 19.0 Å². The number of aliphatic imine (C=N–C) groups is 1. The average Bonchev–Trinajstić information content (AvgIpc) is 2.26. The van der Waals surface area contributed by atoms with Crippen molar-refractivity contribution >= 4 is 17.7 Å². The van der Waals surface area contributed by atoms with Crippen molar-refractivity contribution in [2.75, 3.05) is 39.2 Å². The third-order valence-electron chi connectivity index (χ3n) is 2.23. The summed E-state index contributed by atoms with van der Waals surface area (Å²) < 4.78 is 0. The fourth-order valence-corrected chi connectivity index (χ4v) is 1.74. The Kier molecular flexibility index (Phi) is 9.89. The van der Waals surface area contributed by atoms with Crippen molar-refractivity contribution < 1.29 is 0 Å². The first-order chi connectivity index (χ1) is 7.26. The highest BCUT2D eigenvalue weighted by Crippen LogP contribution is 1.95. The topological polar surface area (TPSA) is 27.6 Å². The van der Waals surface area contributed by atoms with E-state index in [4.69, 9.17) is 0 Å². The van der Waals surface area contributed by atoms with Crippen molar-refractivity contribution in [3.63, 3.8) is 0 Å². The van der Waals surface area contributed by atoms with Gasteiger partial charge in [0, 0.05) is 27.2 Å². The molecule has 0 rings (SSSR count). The van der Waals surface area contributed by atoms with E-state index in [9.17, 15) is 0 Å². The second-order valence-electron chi connectivity index (χ2n) is 3.60. The molecule has 0 aromatic carbocycles. The van der Waals surface area contributed by atoms with Crippen LogP contribution in [0.2, 0.25) is 0 Å². The van der Waals surface area contributed by atoms with E-state index in [-0.39, 0.29) is 0 Å². The van der Waals surface area contributed by atoms with Gasteiger partial charge in [-0.2, -0.15) is 11.8 Å². The summed E-state index contributed by atoms with van der Waals surface area (Å²) in [5.74, 6) is 2.23. The van der Waals surface area contributed by atoms with Gasteiger partial charge in [0.05, 0.1) is 0 Å². The molecule has 0 aliphatic heterocycles.